The minimum absolute atomic E-state index is 0.0726. The lowest BCUT2D eigenvalue weighted by atomic mass is 9.84. The highest BCUT2D eigenvalue weighted by Gasteiger charge is 2.27. The van der Waals surface area contributed by atoms with Gasteiger partial charge in [-0.1, -0.05) is 5.16 Å². The van der Waals surface area contributed by atoms with Crippen molar-refractivity contribution in [2.24, 2.45) is 5.92 Å². The second-order valence-electron chi connectivity index (χ2n) is 10.2. The number of carbonyl (C=O) groups excluding carboxylic acids is 1. The Bertz CT molecular complexity index is 959. The molecule has 0 bridgehead atoms. The molecule has 1 aromatic carbocycles. The fourth-order valence-corrected chi connectivity index (χ4v) is 4.96. The number of hydrogen-bond donors (Lipinski definition) is 2. The van der Waals surface area contributed by atoms with E-state index in [1.165, 1.54) is 0 Å². The molecule has 1 aliphatic heterocycles. The predicted octanol–water partition coefficient (Wildman–Crippen LogP) is 3.45. The zero-order valence-corrected chi connectivity index (χ0v) is 19.4. The Morgan fingerprint density at radius 2 is 1.82 bits per heavy atom. The van der Waals surface area contributed by atoms with E-state index in [1.54, 1.807) is 13.8 Å². The average Bonchev–Trinajstić information content (AvgIpc) is 3.15. The van der Waals surface area contributed by atoms with Gasteiger partial charge in [-0.3, -0.25) is 9.69 Å². The molecule has 33 heavy (non-hydrogen) atoms. The topological polar surface area (TPSA) is 81.8 Å². The fraction of sp³-hybridized carbons (Fsp3) is 0.667. The minimum Gasteiger partial charge on any atom is -0.390 e. The summed E-state index contributed by atoms with van der Waals surface area (Å²) in [6.45, 7) is 7.64. The average molecular weight is 465 g/mol. The quantitative estimate of drug-likeness (QED) is 0.653. The normalized spacial score (nSPS) is 22.6. The van der Waals surface area contributed by atoms with Gasteiger partial charge in [-0.25, -0.2) is 8.78 Å². The molecule has 1 saturated heterocycles. The third-order valence-corrected chi connectivity index (χ3v) is 6.82. The van der Waals surface area contributed by atoms with Crippen molar-refractivity contribution in [1.82, 2.24) is 15.4 Å². The molecule has 7 nitrogen and oxygen atoms in total. The van der Waals surface area contributed by atoms with Crippen LogP contribution in [0.5, 0.6) is 0 Å². The number of aromatic nitrogens is 1. The molecule has 0 spiro atoms. The fourth-order valence-electron chi connectivity index (χ4n) is 4.96. The van der Waals surface area contributed by atoms with Crippen LogP contribution in [0, 0.1) is 17.6 Å². The van der Waals surface area contributed by atoms with Gasteiger partial charge in [0.05, 0.1) is 17.4 Å². The lowest BCUT2D eigenvalue weighted by Gasteiger charge is -2.36. The van der Waals surface area contributed by atoms with E-state index in [1.807, 2.05) is 0 Å². The summed E-state index contributed by atoms with van der Waals surface area (Å²) in [6.07, 6.45) is 5.48. The van der Waals surface area contributed by atoms with Crippen LogP contribution in [0.25, 0.3) is 11.0 Å². The van der Waals surface area contributed by atoms with Gasteiger partial charge in [0.2, 0.25) is 5.91 Å². The molecule has 1 amide bonds. The molecule has 2 aliphatic rings. The lowest BCUT2D eigenvalue weighted by molar-refractivity contribution is -0.125. The smallest absolute Gasteiger partial charge is 0.223 e. The van der Waals surface area contributed by atoms with Crippen molar-refractivity contribution < 1.29 is 23.2 Å². The second kappa shape index (κ2) is 9.93. The maximum atomic E-state index is 13.7. The first kappa shape index (κ1) is 23.9. The van der Waals surface area contributed by atoms with E-state index >= 15 is 0 Å². The zero-order chi connectivity index (χ0) is 23.6. The van der Waals surface area contributed by atoms with E-state index < -0.39 is 17.2 Å². The second-order valence-corrected chi connectivity index (χ2v) is 10.2. The number of rotatable bonds is 7. The summed E-state index contributed by atoms with van der Waals surface area (Å²) in [5, 5.41) is 17.4. The van der Waals surface area contributed by atoms with Crippen LogP contribution in [0.3, 0.4) is 0 Å². The third-order valence-electron chi connectivity index (χ3n) is 6.82. The molecule has 1 aromatic heterocycles. The van der Waals surface area contributed by atoms with Crippen molar-refractivity contribution in [3.63, 3.8) is 0 Å². The Hall–Kier alpha value is -2.26. The number of amides is 1. The first-order valence-corrected chi connectivity index (χ1v) is 11.9. The number of carbonyl (C=O) groups is 1. The predicted molar refractivity (Wildman–Crippen MR) is 122 cm³/mol. The van der Waals surface area contributed by atoms with Gasteiger partial charge in [0.1, 0.15) is 0 Å². The molecule has 9 heteroatoms. The molecule has 2 fully saturated rings. The largest absolute Gasteiger partial charge is 0.390 e. The Morgan fingerprint density at radius 1 is 1.15 bits per heavy atom. The van der Waals surface area contributed by atoms with E-state index in [0.717, 1.165) is 77.0 Å². The summed E-state index contributed by atoms with van der Waals surface area (Å²) in [5.41, 5.74) is -0.710. The molecular formula is C24H34F2N4O3. The van der Waals surface area contributed by atoms with Gasteiger partial charge in [-0.2, -0.15) is 0 Å². The summed E-state index contributed by atoms with van der Waals surface area (Å²) in [4.78, 5) is 16.5. The van der Waals surface area contributed by atoms with Crippen molar-refractivity contribution in [1.29, 1.82) is 0 Å². The van der Waals surface area contributed by atoms with Gasteiger partial charge in [-0.15, -0.1) is 0 Å². The third kappa shape index (κ3) is 6.20. The summed E-state index contributed by atoms with van der Waals surface area (Å²) < 4.78 is 32.3. The van der Waals surface area contributed by atoms with Crippen LogP contribution in [0.1, 0.15) is 52.4 Å². The van der Waals surface area contributed by atoms with Crippen molar-refractivity contribution in [2.75, 3.05) is 37.6 Å². The number of anilines is 1. The number of nitrogens with one attached hydrogen (secondary N) is 1. The van der Waals surface area contributed by atoms with Crippen molar-refractivity contribution >= 4 is 22.7 Å². The maximum absolute atomic E-state index is 13.7. The van der Waals surface area contributed by atoms with Crippen molar-refractivity contribution in [3.8, 4) is 0 Å². The van der Waals surface area contributed by atoms with Gasteiger partial charge < -0.3 is 19.8 Å². The summed E-state index contributed by atoms with van der Waals surface area (Å²) in [7, 11) is 0. The molecule has 4 rings (SSSR count). The first-order chi connectivity index (χ1) is 15.7. The van der Waals surface area contributed by atoms with Crippen LogP contribution in [0.2, 0.25) is 0 Å². The number of benzene rings is 1. The maximum Gasteiger partial charge on any atom is 0.223 e. The number of fused-ring (bicyclic) bond motifs is 1. The van der Waals surface area contributed by atoms with Crippen molar-refractivity contribution in [3.05, 3.63) is 23.8 Å². The minimum atomic E-state index is -0.972. The Labute approximate surface area is 193 Å². The lowest BCUT2D eigenvalue weighted by Crippen LogP contribution is -2.47. The molecule has 2 aromatic rings. The van der Waals surface area contributed by atoms with Crippen LogP contribution in [0.4, 0.5) is 14.6 Å². The van der Waals surface area contributed by atoms with Crippen LogP contribution in [-0.4, -0.2) is 65.4 Å². The van der Waals surface area contributed by atoms with Gasteiger partial charge >= 0.3 is 0 Å². The van der Waals surface area contributed by atoms with E-state index in [9.17, 15) is 18.7 Å². The van der Waals surface area contributed by atoms with Gasteiger partial charge in [0.15, 0.2) is 23.0 Å². The van der Waals surface area contributed by atoms with Gasteiger partial charge in [0, 0.05) is 38.3 Å². The van der Waals surface area contributed by atoms with E-state index in [0.29, 0.717) is 17.1 Å². The SMILES string of the molecule is CC(C)(O)CC(=O)NC1CCC(CCN2CCN(c3noc4cc(F)c(F)cc34)CC2)CC1. The number of aliphatic hydroxyl groups is 1. The summed E-state index contributed by atoms with van der Waals surface area (Å²) in [6, 6.07) is 2.42. The molecule has 2 heterocycles. The zero-order valence-electron chi connectivity index (χ0n) is 19.4. The Balaban J connectivity index is 1.18. The molecule has 2 N–H and O–H groups in total. The molecule has 0 radical (unpaired) electrons. The molecule has 1 aliphatic carbocycles. The van der Waals surface area contributed by atoms with Gasteiger partial charge in [-0.05, 0) is 64.5 Å². The van der Waals surface area contributed by atoms with Crippen molar-refractivity contribution in [2.45, 2.75) is 64.0 Å². The Morgan fingerprint density at radius 3 is 2.48 bits per heavy atom. The number of piperazine rings is 1. The van der Waals surface area contributed by atoms with Crippen LogP contribution >= 0.6 is 0 Å². The summed E-state index contributed by atoms with van der Waals surface area (Å²) in [5.74, 6) is -0.648. The van der Waals surface area contributed by atoms with Crippen LogP contribution < -0.4 is 10.2 Å². The van der Waals surface area contributed by atoms with E-state index in [2.05, 4.69) is 20.3 Å². The van der Waals surface area contributed by atoms with Crippen LogP contribution in [0.15, 0.2) is 16.7 Å². The van der Waals surface area contributed by atoms with E-state index in [-0.39, 0.29) is 24.0 Å². The van der Waals surface area contributed by atoms with Gasteiger partial charge in [0.25, 0.3) is 0 Å². The van der Waals surface area contributed by atoms with Crippen LogP contribution in [-0.2, 0) is 4.79 Å². The first-order valence-electron chi connectivity index (χ1n) is 11.9. The summed E-state index contributed by atoms with van der Waals surface area (Å²) >= 11 is 0. The molecule has 1 saturated carbocycles. The number of hydrogen-bond acceptors (Lipinski definition) is 6. The number of halogens is 2. The number of nitrogens with zero attached hydrogens (tertiary/aromatic N) is 3. The highest BCUT2D eigenvalue weighted by molar-refractivity contribution is 5.88. The molecule has 0 atom stereocenters. The monoisotopic (exact) mass is 464 g/mol. The highest BCUT2D eigenvalue weighted by Crippen LogP contribution is 2.30. The highest BCUT2D eigenvalue weighted by atomic mass is 19.2. The Kier molecular flexibility index (Phi) is 7.19. The molecule has 0 unspecified atom stereocenters. The standard InChI is InChI=1S/C24H34F2N4O3/c1-24(2,32)15-22(31)27-17-5-3-16(4-6-17)7-8-29-9-11-30(12-10-29)23-18-13-19(25)20(26)14-21(18)33-28-23/h13-14,16-17,32H,3-12,15H2,1-2H3,(H,27,31). The van der Waals surface area contributed by atoms with E-state index in [4.69, 9.17) is 4.52 Å². The molecular weight excluding hydrogens is 430 g/mol. The molecule has 182 valence electrons.